The fraction of sp³-hybridized carbons (Fsp3) is 0.538. The predicted molar refractivity (Wildman–Crippen MR) is 58.7 cm³/mol. The fourth-order valence-corrected chi connectivity index (χ4v) is 3.21. The van der Waals surface area contributed by atoms with Gasteiger partial charge in [-0.3, -0.25) is 0 Å². The summed E-state index contributed by atoms with van der Waals surface area (Å²) in [5.74, 6) is 0. The van der Waals surface area contributed by atoms with Gasteiger partial charge in [0, 0.05) is 18.5 Å². The Morgan fingerprint density at radius 2 is 1.76 bits per heavy atom. The first-order valence-corrected chi connectivity index (χ1v) is 5.76. The summed E-state index contributed by atoms with van der Waals surface area (Å²) in [6.07, 6.45) is -3.16. The van der Waals surface area contributed by atoms with Crippen molar-refractivity contribution in [1.29, 1.82) is 0 Å². The molecule has 1 aromatic carbocycles. The number of piperidine rings is 1. The number of benzene rings is 1. The largest absolute Gasteiger partial charge is 0.416 e. The van der Waals surface area contributed by atoms with Gasteiger partial charge in [-0.2, -0.15) is 13.2 Å². The number of nitrogens with one attached hydrogen (secondary N) is 1. The van der Waals surface area contributed by atoms with Crippen molar-refractivity contribution in [3.8, 4) is 0 Å². The average molecular weight is 241 g/mol. The zero-order chi connectivity index (χ0) is 12.3. The molecular formula is C13H14F3N. The lowest BCUT2D eigenvalue weighted by molar-refractivity contribution is -0.137. The molecule has 1 saturated heterocycles. The summed E-state index contributed by atoms with van der Waals surface area (Å²) in [5.41, 5.74) is 0.799. The van der Waals surface area contributed by atoms with Gasteiger partial charge in [-0.15, -0.1) is 0 Å². The molecule has 0 spiro atoms. The first-order chi connectivity index (χ1) is 7.87. The molecule has 1 nitrogen and oxygen atoms in total. The predicted octanol–water partition coefficient (Wildman–Crippen LogP) is 2.96. The number of hydrogen-bond donors (Lipinski definition) is 1. The molecular weight excluding hydrogens is 227 g/mol. The van der Waals surface area contributed by atoms with E-state index in [9.17, 15) is 13.2 Å². The number of hydrogen-bond acceptors (Lipinski definition) is 1. The maximum absolute atomic E-state index is 12.5. The number of alkyl halides is 3. The van der Waals surface area contributed by atoms with Gasteiger partial charge in [0.15, 0.2) is 0 Å². The minimum atomic E-state index is -4.24. The van der Waals surface area contributed by atoms with Crippen LogP contribution in [0, 0.1) is 5.41 Å². The van der Waals surface area contributed by atoms with E-state index in [-0.39, 0.29) is 10.8 Å². The third-order valence-electron chi connectivity index (χ3n) is 4.43. The number of fused-ring (bicyclic) bond motifs is 1. The van der Waals surface area contributed by atoms with Crippen molar-refractivity contribution in [2.75, 3.05) is 13.1 Å². The minimum absolute atomic E-state index is 0.0805. The van der Waals surface area contributed by atoms with Crippen LogP contribution in [0.1, 0.15) is 24.5 Å². The second kappa shape index (κ2) is 3.05. The Bertz CT molecular complexity index is 447. The topological polar surface area (TPSA) is 12.0 Å². The van der Waals surface area contributed by atoms with Gasteiger partial charge >= 0.3 is 6.18 Å². The van der Waals surface area contributed by atoms with Crippen LogP contribution >= 0.6 is 0 Å². The highest BCUT2D eigenvalue weighted by atomic mass is 19.4. The highest BCUT2D eigenvalue weighted by Gasteiger charge is 2.67. The monoisotopic (exact) mass is 241 g/mol. The van der Waals surface area contributed by atoms with Crippen LogP contribution < -0.4 is 5.32 Å². The van der Waals surface area contributed by atoms with Gasteiger partial charge in [-0.05, 0) is 29.5 Å². The second-order valence-corrected chi connectivity index (χ2v) is 5.50. The molecule has 1 aromatic rings. The maximum atomic E-state index is 12.5. The van der Waals surface area contributed by atoms with E-state index in [1.54, 1.807) is 12.1 Å². The van der Waals surface area contributed by atoms with E-state index in [0.29, 0.717) is 0 Å². The Morgan fingerprint density at radius 1 is 1.12 bits per heavy atom. The molecule has 0 radical (unpaired) electrons. The highest BCUT2D eigenvalue weighted by Crippen LogP contribution is 2.66. The summed E-state index contributed by atoms with van der Waals surface area (Å²) in [4.78, 5) is 0. The Hall–Kier alpha value is -1.03. The Balaban J connectivity index is 1.92. The van der Waals surface area contributed by atoms with Crippen molar-refractivity contribution in [1.82, 2.24) is 5.32 Å². The smallest absolute Gasteiger partial charge is 0.315 e. The SMILES string of the molecule is C[C@]12CNCC1(c1ccc(C(F)(F)F)cc1)C2. The standard InChI is InChI=1S/C13H14F3N/c1-11-6-12(11,8-17-7-11)9-2-4-10(5-3-9)13(14,15)16/h2-5,17H,6-8H2,1H3/t11-,12?/m0/s1. The van der Waals surface area contributed by atoms with E-state index in [0.717, 1.165) is 25.1 Å². The van der Waals surface area contributed by atoms with Gasteiger partial charge in [-0.1, -0.05) is 19.1 Å². The summed E-state index contributed by atoms with van der Waals surface area (Å²) < 4.78 is 37.4. The van der Waals surface area contributed by atoms with E-state index in [1.807, 2.05) is 0 Å². The molecule has 1 saturated carbocycles. The maximum Gasteiger partial charge on any atom is 0.416 e. The molecule has 3 rings (SSSR count). The van der Waals surface area contributed by atoms with Gasteiger partial charge in [0.25, 0.3) is 0 Å². The van der Waals surface area contributed by atoms with E-state index >= 15 is 0 Å². The van der Waals surface area contributed by atoms with Gasteiger partial charge in [0.1, 0.15) is 0 Å². The van der Waals surface area contributed by atoms with E-state index in [4.69, 9.17) is 0 Å². The third kappa shape index (κ3) is 1.43. The van der Waals surface area contributed by atoms with Gasteiger partial charge in [0.05, 0.1) is 5.56 Å². The van der Waals surface area contributed by atoms with Crippen LogP contribution in [-0.2, 0) is 11.6 Å². The van der Waals surface area contributed by atoms with Crippen molar-refractivity contribution in [2.24, 2.45) is 5.41 Å². The van der Waals surface area contributed by atoms with Gasteiger partial charge < -0.3 is 5.32 Å². The van der Waals surface area contributed by atoms with Crippen molar-refractivity contribution in [3.05, 3.63) is 35.4 Å². The minimum Gasteiger partial charge on any atom is -0.315 e. The van der Waals surface area contributed by atoms with E-state index < -0.39 is 11.7 Å². The molecule has 2 aliphatic rings. The Kier molecular flexibility index (Phi) is 1.99. The molecule has 1 unspecified atom stereocenters. The molecule has 0 aromatic heterocycles. The highest BCUT2D eigenvalue weighted by molar-refractivity contribution is 5.42. The molecule has 4 heteroatoms. The van der Waals surface area contributed by atoms with Crippen molar-refractivity contribution in [3.63, 3.8) is 0 Å². The molecule has 1 N–H and O–H groups in total. The van der Waals surface area contributed by atoms with Crippen LogP contribution in [0.15, 0.2) is 24.3 Å². The molecule has 1 aliphatic heterocycles. The zero-order valence-electron chi connectivity index (χ0n) is 9.56. The summed E-state index contributed by atoms with van der Waals surface area (Å²) in [7, 11) is 0. The number of halogens is 3. The van der Waals surface area contributed by atoms with E-state index in [1.165, 1.54) is 12.1 Å². The van der Waals surface area contributed by atoms with Crippen molar-refractivity contribution < 1.29 is 13.2 Å². The summed E-state index contributed by atoms with van der Waals surface area (Å²) in [6.45, 7) is 4.05. The molecule has 92 valence electrons. The third-order valence-corrected chi connectivity index (χ3v) is 4.43. The van der Waals surface area contributed by atoms with Crippen LogP contribution in [-0.4, -0.2) is 13.1 Å². The van der Waals surface area contributed by atoms with E-state index in [2.05, 4.69) is 12.2 Å². The molecule has 2 fully saturated rings. The molecule has 0 bridgehead atoms. The molecule has 1 heterocycles. The van der Waals surface area contributed by atoms with Crippen molar-refractivity contribution in [2.45, 2.75) is 24.9 Å². The first-order valence-electron chi connectivity index (χ1n) is 5.76. The second-order valence-electron chi connectivity index (χ2n) is 5.50. The van der Waals surface area contributed by atoms with Crippen LogP contribution in [0.2, 0.25) is 0 Å². The first kappa shape index (κ1) is 11.1. The lowest BCUT2D eigenvalue weighted by Gasteiger charge is -2.15. The average Bonchev–Trinajstić information content (AvgIpc) is 2.72. The van der Waals surface area contributed by atoms with Crippen LogP contribution in [0.25, 0.3) is 0 Å². The number of rotatable bonds is 1. The molecule has 1 aliphatic carbocycles. The Morgan fingerprint density at radius 3 is 2.18 bits per heavy atom. The fourth-order valence-electron chi connectivity index (χ4n) is 3.21. The molecule has 0 amide bonds. The quantitative estimate of drug-likeness (QED) is 0.797. The lowest BCUT2D eigenvalue weighted by Crippen LogP contribution is -2.19. The lowest BCUT2D eigenvalue weighted by atomic mass is 9.89. The normalized spacial score (nSPS) is 35.8. The van der Waals surface area contributed by atoms with Crippen LogP contribution in [0.5, 0.6) is 0 Å². The van der Waals surface area contributed by atoms with Crippen LogP contribution in [0.3, 0.4) is 0 Å². The summed E-state index contributed by atoms with van der Waals surface area (Å²) in [5, 5.41) is 3.32. The summed E-state index contributed by atoms with van der Waals surface area (Å²) in [6, 6.07) is 5.67. The van der Waals surface area contributed by atoms with Crippen molar-refractivity contribution >= 4 is 0 Å². The Labute approximate surface area is 98.0 Å². The van der Waals surface area contributed by atoms with Crippen LogP contribution in [0.4, 0.5) is 13.2 Å². The summed E-state index contributed by atoms with van der Waals surface area (Å²) >= 11 is 0. The zero-order valence-corrected chi connectivity index (χ0v) is 9.56. The molecule has 2 atom stereocenters. The van der Waals surface area contributed by atoms with Gasteiger partial charge in [-0.25, -0.2) is 0 Å². The molecule has 17 heavy (non-hydrogen) atoms. The van der Waals surface area contributed by atoms with Gasteiger partial charge in [0.2, 0.25) is 0 Å².